The van der Waals surface area contributed by atoms with E-state index in [9.17, 15) is 9.59 Å². The summed E-state index contributed by atoms with van der Waals surface area (Å²) in [6.45, 7) is 4.22. The number of aryl methyl sites for hydroxylation is 1. The predicted molar refractivity (Wildman–Crippen MR) is 159 cm³/mol. The number of rotatable bonds is 12. The number of nitrogens with one attached hydrogen (secondary N) is 1. The van der Waals surface area contributed by atoms with E-state index in [0.717, 1.165) is 35.3 Å². The van der Waals surface area contributed by atoms with Crippen LogP contribution < -0.4 is 19.5 Å². The predicted octanol–water partition coefficient (Wildman–Crippen LogP) is 5.75. The lowest BCUT2D eigenvalue weighted by atomic mass is 10.1. The summed E-state index contributed by atoms with van der Waals surface area (Å²) >= 11 is 0. The lowest BCUT2D eigenvalue weighted by Crippen LogP contribution is -2.39. The first-order chi connectivity index (χ1) is 19.9. The standard InChI is InChI=1S/C32H36N4O5/c1-6-7-19-35(32(38)27-18-17-26(40-4)20-28(27)41-5)21-29(37)33-31-30(23-11-9-8-10-12-23)22(2)34-36(31)24-13-15-25(39-3)16-14-24/h8-18,20H,6-7,19,21H2,1-5H3,(H,33,37). The molecule has 2 amide bonds. The molecule has 0 fully saturated rings. The largest absolute Gasteiger partial charge is 0.497 e. The van der Waals surface area contributed by atoms with Crippen LogP contribution in [0.4, 0.5) is 5.82 Å². The second kappa shape index (κ2) is 13.5. The van der Waals surface area contributed by atoms with Gasteiger partial charge in [-0.05, 0) is 55.3 Å². The fourth-order valence-electron chi connectivity index (χ4n) is 4.60. The lowest BCUT2D eigenvalue weighted by Gasteiger charge is -2.23. The number of anilines is 1. The number of amides is 2. The van der Waals surface area contributed by atoms with Gasteiger partial charge in [0.05, 0.1) is 38.3 Å². The number of ether oxygens (including phenoxy) is 3. The van der Waals surface area contributed by atoms with Crippen molar-refractivity contribution in [2.75, 3.05) is 39.7 Å². The lowest BCUT2D eigenvalue weighted by molar-refractivity contribution is -0.117. The van der Waals surface area contributed by atoms with Gasteiger partial charge >= 0.3 is 0 Å². The van der Waals surface area contributed by atoms with Gasteiger partial charge in [0.2, 0.25) is 5.91 Å². The van der Waals surface area contributed by atoms with Crippen LogP contribution in [0.25, 0.3) is 16.8 Å². The Hall–Kier alpha value is -4.79. The monoisotopic (exact) mass is 556 g/mol. The summed E-state index contributed by atoms with van der Waals surface area (Å²) in [5.41, 5.74) is 3.60. The number of carbonyl (C=O) groups is 2. The summed E-state index contributed by atoms with van der Waals surface area (Å²) in [5.74, 6) is 1.56. The van der Waals surface area contributed by atoms with Crippen molar-refractivity contribution < 1.29 is 23.8 Å². The molecule has 214 valence electrons. The average molecular weight is 557 g/mol. The van der Waals surface area contributed by atoms with E-state index in [1.165, 1.54) is 7.11 Å². The molecule has 41 heavy (non-hydrogen) atoms. The van der Waals surface area contributed by atoms with E-state index in [4.69, 9.17) is 19.3 Å². The van der Waals surface area contributed by atoms with Gasteiger partial charge in [-0.1, -0.05) is 43.7 Å². The molecule has 9 nitrogen and oxygen atoms in total. The number of hydrogen-bond acceptors (Lipinski definition) is 6. The van der Waals surface area contributed by atoms with Crippen LogP contribution in [0.2, 0.25) is 0 Å². The molecule has 0 aliphatic carbocycles. The minimum Gasteiger partial charge on any atom is -0.497 e. The van der Waals surface area contributed by atoms with Crippen LogP contribution in [0.3, 0.4) is 0 Å². The maximum absolute atomic E-state index is 13.7. The second-order valence-electron chi connectivity index (χ2n) is 9.48. The molecule has 9 heteroatoms. The van der Waals surface area contributed by atoms with Crippen LogP contribution in [0, 0.1) is 6.92 Å². The SMILES string of the molecule is CCCCN(CC(=O)Nc1c(-c2ccccc2)c(C)nn1-c1ccc(OC)cc1)C(=O)c1ccc(OC)cc1OC. The molecule has 4 aromatic rings. The fourth-order valence-corrected chi connectivity index (χ4v) is 4.60. The van der Waals surface area contributed by atoms with Crippen LogP contribution in [-0.4, -0.2) is 60.9 Å². The normalized spacial score (nSPS) is 10.7. The third kappa shape index (κ3) is 6.69. The molecule has 0 radical (unpaired) electrons. The Morgan fingerprint density at radius 3 is 2.22 bits per heavy atom. The molecule has 0 atom stereocenters. The smallest absolute Gasteiger partial charge is 0.258 e. The highest BCUT2D eigenvalue weighted by Gasteiger charge is 2.25. The molecule has 1 N–H and O–H groups in total. The Morgan fingerprint density at radius 1 is 0.902 bits per heavy atom. The molecule has 1 aromatic heterocycles. The molecule has 0 saturated heterocycles. The summed E-state index contributed by atoms with van der Waals surface area (Å²) < 4.78 is 17.8. The van der Waals surface area contributed by atoms with Gasteiger partial charge in [-0.25, -0.2) is 4.68 Å². The van der Waals surface area contributed by atoms with E-state index >= 15 is 0 Å². The second-order valence-corrected chi connectivity index (χ2v) is 9.48. The van der Waals surface area contributed by atoms with E-state index < -0.39 is 0 Å². The van der Waals surface area contributed by atoms with E-state index in [1.54, 1.807) is 42.0 Å². The molecule has 0 aliphatic heterocycles. The maximum Gasteiger partial charge on any atom is 0.258 e. The average Bonchev–Trinajstić information content (AvgIpc) is 3.33. The summed E-state index contributed by atoms with van der Waals surface area (Å²) in [6, 6.07) is 22.2. The Bertz CT molecular complexity index is 1480. The molecular weight excluding hydrogens is 520 g/mol. The van der Waals surface area contributed by atoms with Crippen LogP contribution in [0.1, 0.15) is 35.8 Å². The number of aromatic nitrogens is 2. The van der Waals surface area contributed by atoms with E-state index in [2.05, 4.69) is 5.32 Å². The van der Waals surface area contributed by atoms with Crippen LogP contribution in [-0.2, 0) is 4.79 Å². The maximum atomic E-state index is 13.7. The van der Waals surface area contributed by atoms with Crippen molar-refractivity contribution in [3.05, 3.63) is 84.1 Å². The Morgan fingerprint density at radius 2 is 1.59 bits per heavy atom. The molecule has 0 bridgehead atoms. The molecule has 0 unspecified atom stereocenters. The Kier molecular flexibility index (Phi) is 9.63. The van der Waals surface area contributed by atoms with Gasteiger partial charge in [-0.2, -0.15) is 5.10 Å². The number of carbonyl (C=O) groups excluding carboxylic acids is 2. The molecular formula is C32H36N4O5. The number of nitrogens with zero attached hydrogens (tertiary/aromatic N) is 3. The van der Waals surface area contributed by atoms with E-state index in [-0.39, 0.29) is 18.4 Å². The van der Waals surface area contributed by atoms with Gasteiger partial charge in [-0.3, -0.25) is 9.59 Å². The molecule has 4 rings (SSSR count). The van der Waals surface area contributed by atoms with Gasteiger partial charge < -0.3 is 24.4 Å². The number of hydrogen-bond donors (Lipinski definition) is 1. The summed E-state index contributed by atoms with van der Waals surface area (Å²) in [4.78, 5) is 28.8. The van der Waals surface area contributed by atoms with Crippen molar-refractivity contribution in [1.82, 2.24) is 14.7 Å². The number of benzene rings is 3. The molecule has 1 heterocycles. The quantitative estimate of drug-likeness (QED) is 0.239. The summed E-state index contributed by atoms with van der Waals surface area (Å²) in [6.07, 6.45) is 1.61. The van der Waals surface area contributed by atoms with Gasteiger partial charge in [-0.15, -0.1) is 0 Å². The van der Waals surface area contributed by atoms with E-state index in [1.807, 2.05) is 68.4 Å². The van der Waals surface area contributed by atoms with Crippen molar-refractivity contribution in [1.29, 1.82) is 0 Å². The zero-order valence-electron chi connectivity index (χ0n) is 24.1. The van der Waals surface area contributed by atoms with Crippen molar-refractivity contribution in [2.45, 2.75) is 26.7 Å². The molecule has 0 saturated carbocycles. The van der Waals surface area contributed by atoms with Gasteiger partial charge in [0, 0.05) is 18.2 Å². The van der Waals surface area contributed by atoms with Crippen molar-refractivity contribution in [2.24, 2.45) is 0 Å². The molecule has 0 spiro atoms. The zero-order chi connectivity index (χ0) is 29.4. The topological polar surface area (TPSA) is 94.9 Å². The van der Waals surface area contributed by atoms with Crippen molar-refractivity contribution in [3.8, 4) is 34.1 Å². The highest BCUT2D eigenvalue weighted by Crippen LogP contribution is 2.34. The highest BCUT2D eigenvalue weighted by atomic mass is 16.5. The third-order valence-electron chi connectivity index (χ3n) is 6.74. The van der Waals surface area contributed by atoms with Crippen molar-refractivity contribution in [3.63, 3.8) is 0 Å². The first kappa shape index (κ1) is 29.2. The minimum atomic E-state index is -0.339. The summed E-state index contributed by atoms with van der Waals surface area (Å²) in [7, 11) is 4.66. The fraction of sp³-hybridized carbons (Fsp3) is 0.281. The van der Waals surface area contributed by atoms with Crippen LogP contribution in [0.5, 0.6) is 17.2 Å². The highest BCUT2D eigenvalue weighted by molar-refractivity contribution is 6.02. The first-order valence-corrected chi connectivity index (χ1v) is 13.5. The minimum absolute atomic E-state index is 0.144. The Balaban J connectivity index is 1.68. The molecule has 0 aliphatic rings. The van der Waals surface area contributed by atoms with Gasteiger partial charge in [0.25, 0.3) is 5.91 Å². The summed E-state index contributed by atoms with van der Waals surface area (Å²) in [5, 5.41) is 7.84. The molecule has 3 aromatic carbocycles. The first-order valence-electron chi connectivity index (χ1n) is 13.5. The Labute approximate surface area is 240 Å². The van der Waals surface area contributed by atoms with Gasteiger partial charge in [0.1, 0.15) is 29.6 Å². The van der Waals surface area contributed by atoms with Crippen LogP contribution >= 0.6 is 0 Å². The third-order valence-corrected chi connectivity index (χ3v) is 6.74. The number of unbranched alkanes of at least 4 members (excludes halogenated alkanes) is 1. The van der Waals surface area contributed by atoms with Gasteiger partial charge in [0.15, 0.2) is 0 Å². The van der Waals surface area contributed by atoms with E-state index in [0.29, 0.717) is 35.2 Å². The number of methoxy groups -OCH3 is 3. The van der Waals surface area contributed by atoms with Crippen LogP contribution in [0.15, 0.2) is 72.8 Å². The van der Waals surface area contributed by atoms with Crippen molar-refractivity contribution >= 4 is 17.6 Å². The zero-order valence-corrected chi connectivity index (χ0v) is 24.1.